The Balaban J connectivity index is 1.12. The van der Waals surface area contributed by atoms with E-state index in [2.05, 4.69) is 58.6 Å². The standard InChI is InChI=1S/C30H33N5O3/c1-19(2)25-18-38-29-27-23(28(36)35(25)29)9-6-10-24(27)32-30(37)33-26-15-21(11-13-31-26)22-12-14-34(17-22)16-20-7-4-3-5-8-20/h3-11,13,15,19,22,25,29H,12,14,16-18H2,1-2H3,(H2,31,32,33,37). The van der Waals surface area contributed by atoms with Crippen LogP contribution in [0.15, 0.2) is 66.9 Å². The molecular formula is C30H33N5O3. The number of carbonyl (C=O) groups is 2. The number of nitrogens with one attached hydrogen (secondary N) is 2. The first-order valence-electron chi connectivity index (χ1n) is 13.4. The van der Waals surface area contributed by atoms with Gasteiger partial charge in [0.1, 0.15) is 5.82 Å². The zero-order chi connectivity index (χ0) is 26.2. The summed E-state index contributed by atoms with van der Waals surface area (Å²) < 4.78 is 6.02. The van der Waals surface area contributed by atoms with E-state index in [1.54, 1.807) is 18.3 Å². The van der Waals surface area contributed by atoms with Gasteiger partial charge in [0.15, 0.2) is 6.23 Å². The third-order valence-electron chi connectivity index (χ3n) is 7.89. The number of amides is 3. The maximum atomic E-state index is 13.1. The van der Waals surface area contributed by atoms with Crippen LogP contribution in [0.4, 0.5) is 16.3 Å². The lowest BCUT2D eigenvalue weighted by atomic mass is 9.99. The molecule has 0 saturated carbocycles. The number of pyridine rings is 1. The van der Waals surface area contributed by atoms with E-state index in [0.29, 0.717) is 29.6 Å². The molecule has 2 N–H and O–H groups in total. The van der Waals surface area contributed by atoms with Gasteiger partial charge in [-0.25, -0.2) is 9.78 Å². The van der Waals surface area contributed by atoms with Gasteiger partial charge in [-0.3, -0.25) is 15.0 Å². The van der Waals surface area contributed by atoms with E-state index in [4.69, 9.17) is 4.74 Å². The number of hydrogen-bond acceptors (Lipinski definition) is 5. The third kappa shape index (κ3) is 4.66. The van der Waals surface area contributed by atoms with Crippen molar-refractivity contribution in [1.29, 1.82) is 0 Å². The molecular weight excluding hydrogens is 478 g/mol. The quantitative estimate of drug-likeness (QED) is 0.474. The van der Waals surface area contributed by atoms with Crippen molar-refractivity contribution in [2.75, 3.05) is 30.3 Å². The largest absolute Gasteiger partial charge is 0.352 e. The number of ether oxygens (including phenoxy) is 1. The molecule has 2 fully saturated rings. The molecule has 196 valence electrons. The highest BCUT2D eigenvalue weighted by atomic mass is 16.5. The molecule has 8 nitrogen and oxygen atoms in total. The summed E-state index contributed by atoms with van der Waals surface area (Å²) in [6, 6.07) is 19.5. The van der Waals surface area contributed by atoms with Gasteiger partial charge in [-0.15, -0.1) is 0 Å². The Labute approximate surface area is 223 Å². The number of carbonyl (C=O) groups excluding carboxylic acids is 2. The van der Waals surface area contributed by atoms with Crippen LogP contribution < -0.4 is 10.6 Å². The molecule has 0 spiro atoms. The van der Waals surface area contributed by atoms with Crippen molar-refractivity contribution < 1.29 is 14.3 Å². The smallest absolute Gasteiger partial charge is 0.324 e. The molecule has 3 aliphatic heterocycles. The van der Waals surface area contributed by atoms with E-state index < -0.39 is 12.3 Å². The maximum Gasteiger partial charge on any atom is 0.324 e. The molecule has 3 aliphatic rings. The molecule has 0 radical (unpaired) electrons. The molecule has 0 bridgehead atoms. The molecule has 6 rings (SSSR count). The summed E-state index contributed by atoms with van der Waals surface area (Å²) >= 11 is 0. The summed E-state index contributed by atoms with van der Waals surface area (Å²) in [4.78, 5) is 34.8. The van der Waals surface area contributed by atoms with Crippen molar-refractivity contribution in [2.45, 2.75) is 45.0 Å². The second-order valence-corrected chi connectivity index (χ2v) is 10.7. The number of likely N-dealkylation sites (tertiary alicyclic amines) is 1. The Hall–Kier alpha value is -3.75. The van der Waals surface area contributed by atoms with Gasteiger partial charge in [0.05, 0.1) is 18.3 Å². The summed E-state index contributed by atoms with van der Waals surface area (Å²) in [5.74, 6) is 1.14. The van der Waals surface area contributed by atoms with Gasteiger partial charge in [0.2, 0.25) is 0 Å². The van der Waals surface area contributed by atoms with Crippen molar-refractivity contribution in [1.82, 2.24) is 14.8 Å². The summed E-state index contributed by atoms with van der Waals surface area (Å²) in [5, 5.41) is 5.81. The predicted octanol–water partition coefficient (Wildman–Crippen LogP) is 5.22. The van der Waals surface area contributed by atoms with Crippen LogP contribution in [0, 0.1) is 5.92 Å². The normalized spacial score (nSPS) is 22.6. The van der Waals surface area contributed by atoms with Crippen LogP contribution >= 0.6 is 0 Å². The van der Waals surface area contributed by atoms with Crippen molar-refractivity contribution in [3.8, 4) is 0 Å². The topological polar surface area (TPSA) is 86.8 Å². The molecule has 3 amide bonds. The molecule has 4 heterocycles. The molecule has 0 aliphatic carbocycles. The minimum atomic E-state index is -0.468. The van der Waals surface area contributed by atoms with Crippen LogP contribution in [0.1, 0.15) is 59.5 Å². The van der Waals surface area contributed by atoms with Crippen molar-refractivity contribution >= 4 is 23.4 Å². The summed E-state index contributed by atoms with van der Waals surface area (Å²) in [6.07, 6.45) is 2.35. The first-order valence-corrected chi connectivity index (χ1v) is 13.4. The van der Waals surface area contributed by atoms with Crippen molar-refractivity contribution in [3.05, 3.63) is 89.1 Å². The van der Waals surface area contributed by atoms with Gasteiger partial charge in [-0.05, 0) is 60.2 Å². The van der Waals surface area contributed by atoms with Gasteiger partial charge in [-0.1, -0.05) is 50.2 Å². The van der Waals surface area contributed by atoms with Crippen molar-refractivity contribution in [2.24, 2.45) is 5.92 Å². The van der Waals surface area contributed by atoms with E-state index in [1.807, 2.05) is 29.2 Å². The van der Waals surface area contributed by atoms with E-state index in [9.17, 15) is 9.59 Å². The fourth-order valence-corrected chi connectivity index (χ4v) is 5.91. The van der Waals surface area contributed by atoms with Crippen molar-refractivity contribution in [3.63, 3.8) is 0 Å². The Morgan fingerprint density at radius 3 is 2.76 bits per heavy atom. The number of nitrogens with zero attached hydrogens (tertiary/aromatic N) is 3. The summed E-state index contributed by atoms with van der Waals surface area (Å²) in [6.45, 7) is 7.64. The Morgan fingerprint density at radius 2 is 1.95 bits per heavy atom. The molecule has 38 heavy (non-hydrogen) atoms. The average molecular weight is 512 g/mol. The van der Waals surface area contributed by atoms with Gasteiger partial charge < -0.3 is 15.0 Å². The lowest BCUT2D eigenvalue weighted by Crippen LogP contribution is -2.37. The molecule has 1 aromatic heterocycles. The van der Waals surface area contributed by atoms with Gasteiger partial charge in [-0.2, -0.15) is 0 Å². The SMILES string of the molecule is CC(C)C1COC2c3c(NC(=O)Nc4cc(C5CCN(Cc6ccccc6)C5)ccn4)cccc3C(=O)N21. The zero-order valence-corrected chi connectivity index (χ0v) is 21.8. The zero-order valence-electron chi connectivity index (χ0n) is 21.8. The molecule has 3 unspecified atom stereocenters. The van der Waals surface area contributed by atoms with Gasteiger partial charge >= 0.3 is 6.03 Å². The molecule has 2 saturated heterocycles. The fraction of sp³-hybridized carbons (Fsp3) is 0.367. The lowest BCUT2D eigenvalue weighted by Gasteiger charge is -2.24. The second-order valence-electron chi connectivity index (χ2n) is 10.7. The maximum absolute atomic E-state index is 13.1. The number of benzene rings is 2. The van der Waals surface area contributed by atoms with Crippen LogP contribution in [0.3, 0.4) is 0 Å². The number of urea groups is 1. The lowest BCUT2D eigenvalue weighted by molar-refractivity contribution is 0.0342. The Morgan fingerprint density at radius 1 is 1.11 bits per heavy atom. The van der Waals surface area contributed by atoms with Crippen LogP contribution in [-0.4, -0.2) is 52.5 Å². The van der Waals surface area contributed by atoms with E-state index in [0.717, 1.165) is 31.6 Å². The second kappa shape index (κ2) is 10.2. The molecule has 3 atom stereocenters. The first-order chi connectivity index (χ1) is 18.5. The number of anilines is 2. The molecule has 8 heteroatoms. The number of hydrogen-bond donors (Lipinski definition) is 2. The minimum Gasteiger partial charge on any atom is -0.352 e. The number of aromatic nitrogens is 1. The van der Waals surface area contributed by atoms with Crippen LogP contribution in [0.5, 0.6) is 0 Å². The highest BCUT2D eigenvalue weighted by Crippen LogP contribution is 2.45. The summed E-state index contributed by atoms with van der Waals surface area (Å²) in [7, 11) is 0. The van der Waals surface area contributed by atoms with Crippen LogP contribution in [-0.2, 0) is 11.3 Å². The van der Waals surface area contributed by atoms with E-state index >= 15 is 0 Å². The Bertz CT molecular complexity index is 1340. The van der Waals surface area contributed by atoms with Crippen LogP contribution in [0.2, 0.25) is 0 Å². The van der Waals surface area contributed by atoms with E-state index in [1.165, 1.54) is 11.1 Å². The highest BCUT2D eigenvalue weighted by Gasteiger charge is 2.48. The third-order valence-corrected chi connectivity index (χ3v) is 7.89. The fourth-order valence-electron chi connectivity index (χ4n) is 5.91. The summed E-state index contributed by atoms with van der Waals surface area (Å²) in [5.41, 5.74) is 4.38. The minimum absolute atomic E-state index is 0.0210. The number of fused-ring (bicyclic) bond motifs is 3. The predicted molar refractivity (Wildman–Crippen MR) is 146 cm³/mol. The number of rotatable bonds is 6. The molecule has 3 aromatic rings. The molecule has 2 aromatic carbocycles. The van der Waals surface area contributed by atoms with Gasteiger partial charge in [0.25, 0.3) is 5.91 Å². The van der Waals surface area contributed by atoms with Gasteiger partial charge in [0, 0.05) is 30.4 Å². The van der Waals surface area contributed by atoms with E-state index in [-0.39, 0.29) is 17.9 Å². The van der Waals surface area contributed by atoms with Crippen LogP contribution in [0.25, 0.3) is 0 Å². The highest BCUT2D eigenvalue weighted by molar-refractivity contribution is 6.05. The Kier molecular flexibility index (Phi) is 6.59. The monoisotopic (exact) mass is 511 g/mol. The average Bonchev–Trinajstić information content (AvgIpc) is 3.62. The first kappa shape index (κ1) is 24.6.